The first-order valence-corrected chi connectivity index (χ1v) is 8.38. The Morgan fingerprint density at radius 2 is 2.29 bits per heavy atom. The van der Waals surface area contributed by atoms with Crippen molar-refractivity contribution in [3.63, 3.8) is 0 Å². The van der Waals surface area contributed by atoms with Crippen LogP contribution in [-0.4, -0.2) is 50.8 Å². The normalized spacial score (nSPS) is 20.0. The highest BCUT2D eigenvalue weighted by atomic mass is 16.5. The average molecular weight is 327 g/mol. The number of methoxy groups -OCH3 is 1. The Labute approximate surface area is 140 Å². The van der Waals surface area contributed by atoms with Gasteiger partial charge in [0.2, 0.25) is 0 Å². The second kappa shape index (κ2) is 6.32. The van der Waals surface area contributed by atoms with Gasteiger partial charge in [-0.25, -0.2) is 9.97 Å². The first-order chi connectivity index (χ1) is 11.8. The van der Waals surface area contributed by atoms with Gasteiger partial charge in [0, 0.05) is 26.4 Å². The molecule has 1 unspecified atom stereocenters. The largest absolute Gasteiger partial charge is 0.382 e. The van der Waals surface area contributed by atoms with E-state index in [1.165, 1.54) is 24.7 Å². The van der Waals surface area contributed by atoms with E-state index in [1.54, 1.807) is 19.4 Å². The van der Waals surface area contributed by atoms with Gasteiger partial charge in [-0.3, -0.25) is 9.48 Å². The third kappa shape index (κ3) is 2.80. The lowest BCUT2D eigenvalue weighted by Gasteiger charge is -2.35. The molecular formula is C17H21N5O2. The zero-order valence-electron chi connectivity index (χ0n) is 13.8. The summed E-state index contributed by atoms with van der Waals surface area (Å²) in [5, 5.41) is 4.57. The van der Waals surface area contributed by atoms with Gasteiger partial charge in [-0.2, -0.15) is 5.10 Å². The van der Waals surface area contributed by atoms with E-state index < -0.39 is 0 Å². The van der Waals surface area contributed by atoms with Crippen LogP contribution in [0.2, 0.25) is 0 Å². The van der Waals surface area contributed by atoms with Gasteiger partial charge >= 0.3 is 0 Å². The zero-order chi connectivity index (χ0) is 16.5. The van der Waals surface area contributed by atoms with Crippen LogP contribution in [0.4, 0.5) is 0 Å². The molecule has 7 nitrogen and oxygen atoms in total. The molecule has 1 amide bonds. The van der Waals surface area contributed by atoms with E-state index in [-0.39, 0.29) is 11.9 Å². The summed E-state index contributed by atoms with van der Waals surface area (Å²) in [6.07, 6.45) is 8.31. The first-order valence-electron chi connectivity index (χ1n) is 8.38. The van der Waals surface area contributed by atoms with Gasteiger partial charge in [-0.15, -0.1) is 0 Å². The fourth-order valence-corrected chi connectivity index (χ4v) is 3.38. The molecule has 2 aliphatic rings. The summed E-state index contributed by atoms with van der Waals surface area (Å²) in [6, 6.07) is 1.53. The Morgan fingerprint density at radius 1 is 1.42 bits per heavy atom. The van der Waals surface area contributed by atoms with Crippen molar-refractivity contribution in [2.45, 2.75) is 31.8 Å². The van der Waals surface area contributed by atoms with Crippen LogP contribution in [0.25, 0.3) is 0 Å². The number of carbonyl (C=O) groups excluding carboxylic acids is 1. The topological polar surface area (TPSA) is 73.1 Å². The predicted molar refractivity (Wildman–Crippen MR) is 86.3 cm³/mol. The fraction of sp³-hybridized carbons (Fsp3) is 0.529. The summed E-state index contributed by atoms with van der Waals surface area (Å²) in [5.41, 5.74) is 2.77. The van der Waals surface area contributed by atoms with E-state index in [2.05, 4.69) is 19.7 Å². The Bertz CT molecular complexity index is 726. The van der Waals surface area contributed by atoms with Gasteiger partial charge in [0.1, 0.15) is 12.0 Å². The molecule has 0 aromatic carbocycles. The minimum absolute atomic E-state index is 0.0794. The van der Waals surface area contributed by atoms with Crippen LogP contribution < -0.4 is 0 Å². The Kier molecular flexibility index (Phi) is 4.02. The first kappa shape index (κ1) is 15.3. The molecule has 4 rings (SSSR count). The molecule has 126 valence electrons. The SMILES string of the molecule is COCC1c2c(cnn2CC2CC2)CCN1C(=O)c1ccncn1. The number of hydrogen-bond acceptors (Lipinski definition) is 5. The molecule has 0 saturated heterocycles. The van der Waals surface area contributed by atoms with Crippen LogP contribution in [0, 0.1) is 5.92 Å². The van der Waals surface area contributed by atoms with E-state index in [0.29, 0.717) is 18.8 Å². The Morgan fingerprint density at radius 3 is 3.00 bits per heavy atom. The highest BCUT2D eigenvalue weighted by Crippen LogP contribution is 2.35. The van der Waals surface area contributed by atoms with E-state index in [9.17, 15) is 4.79 Å². The number of amides is 1. The predicted octanol–water partition coefficient (Wildman–Crippen LogP) is 1.47. The zero-order valence-corrected chi connectivity index (χ0v) is 13.8. The molecule has 24 heavy (non-hydrogen) atoms. The lowest BCUT2D eigenvalue weighted by molar-refractivity contribution is 0.0476. The van der Waals surface area contributed by atoms with Gasteiger partial charge < -0.3 is 9.64 Å². The second-order valence-electron chi connectivity index (χ2n) is 6.49. The summed E-state index contributed by atoms with van der Waals surface area (Å²) in [7, 11) is 1.67. The second-order valence-corrected chi connectivity index (χ2v) is 6.49. The highest BCUT2D eigenvalue weighted by molar-refractivity contribution is 5.92. The van der Waals surface area contributed by atoms with E-state index in [1.807, 2.05) is 11.1 Å². The smallest absolute Gasteiger partial charge is 0.273 e. The quantitative estimate of drug-likeness (QED) is 0.831. The van der Waals surface area contributed by atoms with E-state index in [4.69, 9.17) is 4.74 Å². The number of hydrogen-bond donors (Lipinski definition) is 0. The van der Waals surface area contributed by atoms with Crippen molar-refractivity contribution in [2.75, 3.05) is 20.3 Å². The average Bonchev–Trinajstić information content (AvgIpc) is 3.34. The van der Waals surface area contributed by atoms with Crippen molar-refractivity contribution in [2.24, 2.45) is 5.92 Å². The minimum Gasteiger partial charge on any atom is -0.382 e. The number of carbonyl (C=O) groups is 1. The molecule has 7 heteroatoms. The molecule has 0 spiro atoms. The van der Waals surface area contributed by atoms with Crippen molar-refractivity contribution in [1.29, 1.82) is 0 Å². The minimum atomic E-state index is -0.123. The van der Waals surface area contributed by atoms with Crippen LogP contribution in [0.5, 0.6) is 0 Å². The molecule has 1 aliphatic carbocycles. The number of aromatic nitrogens is 4. The maximum Gasteiger partial charge on any atom is 0.273 e. The maximum atomic E-state index is 12.9. The number of nitrogens with zero attached hydrogens (tertiary/aromatic N) is 5. The molecule has 1 aliphatic heterocycles. The third-order valence-electron chi connectivity index (χ3n) is 4.79. The molecule has 2 aromatic rings. The van der Waals surface area contributed by atoms with Crippen molar-refractivity contribution >= 4 is 5.91 Å². The van der Waals surface area contributed by atoms with Crippen molar-refractivity contribution in [3.05, 3.63) is 41.7 Å². The van der Waals surface area contributed by atoms with E-state index >= 15 is 0 Å². The van der Waals surface area contributed by atoms with Crippen LogP contribution in [-0.2, 0) is 17.7 Å². The van der Waals surface area contributed by atoms with Crippen LogP contribution in [0.3, 0.4) is 0 Å². The number of ether oxygens (including phenoxy) is 1. The molecule has 0 N–H and O–H groups in total. The molecule has 2 aromatic heterocycles. The molecule has 1 saturated carbocycles. The summed E-state index contributed by atoms with van der Waals surface area (Å²) in [6.45, 7) is 2.05. The van der Waals surface area contributed by atoms with Gasteiger partial charge in [0.05, 0.1) is 24.5 Å². The highest BCUT2D eigenvalue weighted by Gasteiger charge is 2.36. The fourth-order valence-electron chi connectivity index (χ4n) is 3.38. The van der Waals surface area contributed by atoms with Crippen LogP contribution in [0.15, 0.2) is 24.8 Å². The lowest BCUT2D eigenvalue weighted by Crippen LogP contribution is -2.43. The van der Waals surface area contributed by atoms with Crippen molar-refractivity contribution in [3.8, 4) is 0 Å². The molecule has 1 atom stereocenters. The lowest BCUT2D eigenvalue weighted by atomic mass is 9.99. The Balaban J connectivity index is 1.66. The van der Waals surface area contributed by atoms with Gasteiger partial charge in [-0.05, 0) is 36.8 Å². The summed E-state index contributed by atoms with van der Waals surface area (Å²) in [5.74, 6) is 0.648. The number of fused-ring (bicyclic) bond motifs is 1. The van der Waals surface area contributed by atoms with Crippen molar-refractivity contribution in [1.82, 2.24) is 24.6 Å². The van der Waals surface area contributed by atoms with Gasteiger partial charge in [0.25, 0.3) is 5.91 Å². The standard InChI is InChI=1S/C17H21N5O2/c1-24-10-15-16-13(8-20-22(16)9-12-2-3-12)5-7-21(15)17(23)14-4-6-18-11-19-14/h4,6,8,11-12,15H,2-3,5,7,9-10H2,1H3. The van der Waals surface area contributed by atoms with Crippen molar-refractivity contribution < 1.29 is 9.53 Å². The molecule has 0 bridgehead atoms. The van der Waals surface area contributed by atoms with Gasteiger partial charge in [-0.1, -0.05) is 0 Å². The maximum absolute atomic E-state index is 12.9. The number of rotatable bonds is 5. The van der Waals surface area contributed by atoms with Crippen LogP contribution >= 0.6 is 0 Å². The molecule has 3 heterocycles. The molecule has 0 radical (unpaired) electrons. The summed E-state index contributed by atoms with van der Waals surface area (Å²) in [4.78, 5) is 22.8. The third-order valence-corrected chi connectivity index (χ3v) is 4.79. The molecular weight excluding hydrogens is 306 g/mol. The summed E-state index contributed by atoms with van der Waals surface area (Å²) >= 11 is 0. The monoisotopic (exact) mass is 327 g/mol. The van der Waals surface area contributed by atoms with E-state index in [0.717, 1.165) is 24.6 Å². The van der Waals surface area contributed by atoms with Crippen LogP contribution in [0.1, 0.15) is 40.6 Å². The summed E-state index contributed by atoms with van der Waals surface area (Å²) < 4.78 is 7.51. The Hall–Kier alpha value is -2.28. The molecule has 1 fully saturated rings. The van der Waals surface area contributed by atoms with Gasteiger partial charge in [0.15, 0.2) is 0 Å².